The number of piperazine rings is 1. The fourth-order valence-electron chi connectivity index (χ4n) is 2.95. The number of carbonyl (C=O) groups excluding carboxylic acids is 1. The maximum Gasteiger partial charge on any atom is 0.320 e. The van der Waals surface area contributed by atoms with E-state index in [9.17, 15) is 4.79 Å². The Morgan fingerprint density at radius 2 is 1.80 bits per heavy atom. The van der Waals surface area contributed by atoms with E-state index in [2.05, 4.69) is 15.1 Å². The van der Waals surface area contributed by atoms with Gasteiger partial charge in [-0.2, -0.15) is 0 Å². The van der Waals surface area contributed by atoms with Crippen LogP contribution in [-0.4, -0.2) is 64.2 Å². The minimum atomic E-state index is 0.0783. The van der Waals surface area contributed by atoms with Gasteiger partial charge in [-0.25, -0.2) is 4.79 Å². The lowest BCUT2D eigenvalue weighted by Crippen LogP contribution is -2.51. The number of carbonyl (C=O) groups is 1. The van der Waals surface area contributed by atoms with Crippen LogP contribution in [0.1, 0.15) is 24.3 Å². The predicted molar refractivity (Wildman–Crippen MR) is 93.8 cm³/mol. The lowest BCUT2D eigenvalue weighted by Gasteiger charge is -2.36. The summed E-state index contributed by atoms with van der Waals surface area (Å²) in [6, 6.07) is 10.1. The van der Waals surface area contributed by atoms with E-state index in [1.54, 1.807) is 4.90 Å². The molecule has 1 aromatic carbocycles. The Morgan fingerprint density at radius 3 is 2.44 bits per heavy atom. The summed E-state index contributed by atoms with van der Waals surface area (Å²) >= 11 is 0. The van der Waals surface area contributed by atoms with Gasteiger partial charge in [-0.05, 0) is 5.56 Å². The summed E-state index contributed by atoms with van der Waals surface area (Å²) in [5, 5.41) is 8.06. The monoisotopic (exact) mass is 343 g/mol. The van der Waals surface area contributed by atoms with Crippen molar-refractivity contribution in [1.82, 2.24) is 24.9 Å². The van der Waals surface area contributed by atoms with Crippen LogP contribution in [0.25, 0.3) is 0 Å². The SMILES string of the molecule is CCc1nnc(CN2CCN(C(=O)N(C)Cc3ccccc3)CC2)o1. The van der Waals surface area contributed by atoms with Gasteiger partial charge in [-0.15, -0.1) is 10.2 Å². The highest BCUT2D eigenvalue weighted by atomic mass is 16.4. The van der Waals surface area contributed by atoms with Crippen molar-refractivity contribution in [3.8, 4) is 0 Å². The van der Waals surface area contributed by atoms with E-state index in [4.69, 9.17) is 4.42 Å². The number of hydrogen-bond acceptors (Lipinski definition) is 5. The molecule has 2 amide bonds. The van der Waals surface area contributed by atoms with Gasteiger partial charge in [-0.1, -0.05) is 37.3 Å². The van der Waals surface area contributed by atoms with Crippen LogP contribution in [-0.2, 0) is 19.5 Å². The molecule has 134 valence electrons. The molecule has 0 spiro atoms. The summed E-state index contributed by atoms with van der Waals surface area (Å²) in [5.41, 5.74) is 1.14. The molecule has 2 aromatic rings. The van der Waals surface area contributed by atoms with Crippen LogP contribution in [0, 0.1) is 0 Å². The fourth-order valence-corrected chi connectivity index (χ4v) is 2.95. The second-order valence-electron chi connectivity index (χ2n) is 6.33. The standard InChI is InChI=1S/C18H25N5O2/c1-3-16-19-20-17(25-16)14-22-9-11-23(12-10-22)18(24)21(2)13-15-7-5-4-6-8-15/h4-8H,3,9-14H2,1-2H3. The first kappa shape index (κ1) is 17.4. The molecule has 1 fully saturated rings. The smallest absolute Gasteiger partial charge is 0.320 e. The Bertz CT molecular complexity index is 680. The van der Waals surface area contributed by atoms with E-state index in [-0.39, 0.29) is 6.03 Å². The fraction of sp³-hybridized carbons (Fsp3) is 0.500. The van der Waals surface area contributed by atoms with Gasteiger partial charge in [0.2, 0.25) is 11.8 Å². The molecule has 7 heteroatoms. The van der Waals surface area contributed by atoms with Crippen molar-refractivity contribution in [3.63, 3.8) is 0 Å². The Hall–Kier alpha value is -2.41. The highest BCUT2D eigenvalue weighted by Gasteiger charge is 2.24. The first-order valence-corrected chi connectivity index (χ1v) is 8.73. The molecule has 1 aromatic heterocycles. The van der Waals surface area contributed by atoms with Crippen molar-refractivity contribution >= 4 is 6.03 Å². The number of amides is 2. The van der Waals surface area contributed by atoms with Gasteiger partial charge in [0.25, 0.3) is 0 Å². The van der Waals surface area contributed by atoms with Crippen LogP contribution < -0.4 is 0 Å². The van der Waals surface area contributed by atoms with Crippen molar-refractivity contribution in [2.45, 2.75) is 26.4 Å². The summed E-state index contributed by atoms with van der Waals surface area (Å²) in [5.74, 6) is 1.32. The van der Waals surface area contributed by atoms with Gasteiger partial charge in [0, 0.05) is 46.2 Å². The van der Waals surface area contributed by atoms with Crippen LogP contribution >= 0.6 is 0 Å². The van der Waals surface area contributed by atoms with E-state index >= 15 is 0 Å². The summed E-state index contributed by atoms with van der Waals surface area (Å²) in [6.07, 6.45) is 0.753. The summed E-state index contributed by atoms with van der Waals surface area (Å²) in [7, 11) is 1.85. The van der Waals surface area contributed by atoms with Gasteiger partial charge in [0.15, 0.2) is 0 Å². The van der Waals surface area contributed by atoms with Crippen LogP contribution in [0.3, 0.4) is 0 Å². The largest absolute Gasteiger partial charge is 0.424 e. The first-order valence-electron chi connectivity index (χ1n) is 8.73. The van der Waals surface area contributed by atoms with Crippen molar-refractivity contribution in [3.05, 3.63) is 47.7 Å². The molecule has 0 radical (unpaired) electrons. The Labute approximate surface area is 148 Å². The minimum absolute atomic E-state index is 0.0783. The number of rotatable bonds is 5. The van der Waals surface area contributed by atoms with E-state index in [1.165, 1.54) is 0 Å². The number of nitrogens with zero attached hydrogens (tertiary/aromatic N) is 5. The third-order valence-electron chi connectivity index (χ3n) is 4.40. The van der Waals surface area contributed by atoms with Crippen molar-refractivity contribution in [2.75, 3.05) is 33.2 Å². The number of hydrogen-bond donors (Lipinski definition) is 0. The third kappa shape index (κ3) is 4.57. The summed E-state index contributed by atoms with van der Waals surface area (Å²) < 4.78 is 5.56. The van der Waals surface area contributed by atoms with Crippen molar-refractivity contribution in [2.24, 2.45) is 0 Å². The van der Waals surface area contributed by atoms with Gasteiger partial charge in [0.1, 0.15) is 0 Å². The van der Waals surface area contributed by atoms with Crippen LogP contribution in [0.2, 0.25) is 0 Å². The molecule has 0 N–H and O–H groups in total. The minimum Gasteiger partial charge on any atom is -0.424 e. The Morgan fingerprint density at radius 1 is 1.12 bits per heavy atom. The zero-order valence-corrected chi connectivity index (χ0v) is 14.9. The number of aryl methyl sites for hydroxylation is 1. The lowest BCUT2D eigenvalue weighted by molar-refractivity contribution is 0.109. The Balaban J connectivity index is 1.47. The normalized spacial score (nSPS) is 15.4. The molecule has 0 unspecified atom stereocenters. The van der Waals surface area contributed by atoms with E-state index < -0.39 is 0 Å². The second kappa shape index (κ2) is 8.11. The second-order valence-corrected chi connectivity index (χ2v) is 6.33. The van der Waals surface area contributed by atoms with E-state index in [0.717, 1.165) is 25.1 Å². The quantitative estimate of drug-likeness (QED) is 0.831. The Kier molecular flexibility index (Phi) is 5.65. The lowest BCUT2D eigenvalue weighted by atomic mass is 10.2. The summed E-state index contributed by atoms with van der Waals surface area (Å²) in [4.78, 5) is 18.5. The molecule has 2 heterocycles. The predicted octanol–water partition coefficient (Wildman–Crippen LogP) is 2.00. The molecule has 1 aliphatic heterocycles. The van der Waals surface area contributed by atoms with E-state index in [0.29, 0.717) is 38.0 Å². The highest BCUT2D eigenvalue weighted by molar-refractivity contribution is 5.74. The van der Waals surface area contributed by atoms with E-state index in [1.807, 2.05) is 49.2 Å². The third-order valence-corrected chi connectivity index (χ3v) is 4.40. The van der Waals surface area contributed by atoms with Gasteiger partial charge in [0.05, 0.1) is 6.54 Å². The van der Waals surface area contributed by atoms with Crippen molar-refractivity contribution in [1.29, 1.82) is 0 Å². The average Bonchev–Trinajstić information content (AvgIpc) is 3.10. The zero-order valence-electron chi connectivity index (χ0n) is 14.9. The molecule has 7 nitrogen and oxygen atoms in total. The molecule has 1 saturated heterocycles. The molecule has 0 aliphatic carbocycles. The van der Waals surface area contributed by atoms with Gasteiger partial charge in [-0.3, -0.25) is 4.90 Å². The molecular weight excluding hydrogens is 318 g/mol. The molecule has 0 atom stereocenters. The molecular formula is C18H25N5O2. The topological polar surface area (TPSA) is 65.7 Å². The van der Waals surface area contributed by atoms with Crippen LogP contribution in [0.4, 0.5) is 4.79 Å². The van der Waals surface area contributed by atoms with Gasteiger partial charge < -0.3 is 14.2 Å². The van der Waals surface area contributed by atoms with Crippen LogP contribution in [0.15, 0.2) is 34.7 Å². The average molecular weight is 343 g/mol. The first-order chi connectivity index (χ1) is 12.2. The maximum absolute atomic E-state index is 12.6. The van der Waals surface area contributed by atoms with Crippen LogP contribution in [0.5, 0.6) is 0 Å². The number of aromatic nitrogens is 2. The highest BCUT2D eigenvalue weighted by Crippen LogP contribution is 2.11. The molecule has 1 aliphatic rings. The van der Waals surface area contributed by atoms with Crippen molar-refractivity contribution < 1.29 is 9.21 Å². The molecule has 3 rings (SSSR count). The molecule has 25 heavy (non-hydrogen) atoms. The maximum atomic E-state index is 12.6. The number of benzene rings is 1. The van der Waals surface area contributed by atoms with Gasteiger partial charge >= 0.3 is 6.03 Å². The summed E-state index contributed by atoms with van der Waals surface area (Å²) in [6.45, 7) is 6.33. The number of urea groups is 1. The zero-order chi connectivity index (χ0) is 17.6. The molecule has 0 bridgehead atoms. The molecule has 0 saturated carbocycles.